The van der Waals surface area contributed by atoms with E-state index in [2.05, 4.69) is 41.1 Å². The predicted octanol–water partition coefficient (Wildman–Crippen LogP) is 3.29. The number of benzene rings is 1. The largest absolute Gasteiger partial charge is 0.347 e. The third-order valence-corrected chi connectivity index (χ3v) is 6.43. The molecule has 1 aliphatic heterocycles. The minimum absolute atomic E-state index is 0.0135. The Labute approximate surface area is 167 Å². The zero-order valence-electron chi connectivity index (χ0n) is 17.2. The second-order valence-corrected chi connectivity index (χ2v) is 8.56. The van der Waals surface area contributed by atoms with E-state index in [0.717, 1.165) is 51.1 Å². The van der Waals surface area contributed by atoms with E-state index in [-0.39, 0.29) is 11.3 Å². The highest BCUT2D eigenvalue weighted by atomic mass is 16.2. The Morgan fingerprint density at radius 3 is 2.86 bits per heavy atom. The van der Waals surface area contributed by atoms with E-state index in [9.17, 15) is 4.79 Å². The Balaban J connectivity index is 1.49. The lowest BCUT2D eigenvalue weighted by molar-refractivity contribution is -0.133. The number of carbonyl (C=O) groups is 1. The minimum Gasteiger partial charge on any atom is -0.347 e. The van der Waals surface area contributed by atoms with Gasteiger partial charge >= 0.3 is 0 Å². The zero-order valence-corrected chi connectivity index (χ0v) is 17.2. The third-order valence-electron chi connectivity index (χ3n) is 6.43. The lowest BCUT2D eigenvalue weighted by atomic mass is 9.77. The average molecular weight is 379 g/mol. The SMILES string of the molecule is Cc1ccccc1CCC(=O)N1CCCC2(CCc3cnc(N(C)C)nc32)C1. The topological polar surface area (TPSA) is 49.3 Å². The van der Waals surface area contributed by atoms with Crippen LogP contribution in [0.1, 0.15) is 48.1 Å². The molecule has 1 saturated heterocycles. The lowest BCUT2D eigenvalue weighted by Crippen LogP contribution is -2.48. The van der Waals surface area contributed by atoms with Crippen molar-refractivity contribution in [1.82, 2.24) is 14.9 Å². The second kappa shape index (κ2) is 7.53. The summed E-state index contributed by atoms with van der Waals surface area (Å²) in [5, 5.41) is 0. The first-order chi connectivity index (χ1) is 13.5. The maximum absolute atomic E-state index is 13.0. The van der Waals surface area contributed by atoms with Crippen LogP contribution < -0.4 is 4.90 Å². The van der Waals surface area contributed by atoms with Gasteiger partial charge < -0.3 is 9.80 Å². The van der Waals surface area contributed by atoms with E-state index in [4.69, 9.17) is 4.98 Å². The fraction of sp³-hybridized carbons (Fsp3) is 0.522. The fourth-order valence-electron chi connectivity index (χ4n) is 4.78. The number of carbonyl (C=O) groups excluding carboxylic acids is 1. The molecule has 5 heteroatoms. The van der Waals surface area contributed by atoms with Crippen molar-refractivity contribution in [1.29, 1.82) is 0 Å². The molecule has 1 aromatic heterocycles. The van der Waals surface area contributed by atoms with Crippen molar-refractivity contribution in [2.24, 2.45) is 0 Å². The molecule has 1 aromatic carbocycles. The van der Waals surface area contributed by atoms with Gasteiger partial charge in [0.2, 0.25) is 11.9 Å². The maximum atomic E-state index is 13.0. The maximum Gasteiger partial charge on any atom is 0.225 e. The molecule has 1 spiro atoms. The summed E-state index contributed by atoms with van der Waals surface area (Å²) in [6, 6.07) is 8.36. The van der Waals surface area contributed by atoms with E-state index in [0.29, 0.717) is 6.42 Å². The molecule has 0 saturated carbocycles. The van der Waals surface area contributed by atoms with Crippen LogP contribution in [0, 0.1) is 6.92 Å². The van der Waals surface area contributed by atoms with Crippen LogP contribution in [-0.4, -0.2) is 48.0 Å². The molecule has 1 atom stereocenters. The molecule has 1 aliphatic carbocycles. The number of piperidine rings is 1. The van der Waals surface area contributed by atoms with Crippen molar-refractivity contribution in [3.05, 3.63) is 52.8 Å². The predicted molar refractivity (Wildman–Crippen MR) is 112 cm³/mol. The van der Waals surface area contributed by atoms with Gasteiger partial charge in [0.05, 0.1) is 5.69 Å². The first-order valence-electron chi connectivity index (χ1n) is 10.3. The van der Waals surface area contributed by atoms with E-state index < -0.39 is 0 Å². The van der Waals surface area contributed by atoms with Crippen LogP contribution in [0.25, 0.3) is 0 Å². The second-order valence-electron chi connectivity index (χ2n) is 8.56. The van der Waals surface area contributed by atoms with E-state index in [1.165, 1.54) is 22.4 Å². The van der Waals surface area contributed by atoms with Crippen LogP contribution in [0.3, 0.4) is 0 Å². The molecule has 2 heterocycles. The van der Waals surface area contributed by atoms with Crippen molar-refractivity contribution >= 4 is 11.9 Å². The number of amides is 1. The summed E-state index contributed by atoms with van der Waals surface area (Å²) in [6.07, 6.45) is 7.66. The molecule has 28 heavy (non-hydrogen) atoms. The van der Waals surface area contributed by atoms with Gasteiger partial charge in [-0.2, -0.15) is 0 Å². The van der Waals surface area contributed by atoms with Crippen LogP contribution in [0.5, 0.6) is 0 Å². The van der Waals surface area contributed by atoms with Gasteiger partial charge in [-0.05, 0) is 55.7 Å². The lowest BCUT2D eigenvalue weighted by Gasteiger charge is -2.40. The van der Waals surface area contributed by atoms with Gasteiger partial charge in [-0.3, -0.25) is 4.79 Å². The van der Waals surface area contributed by atoms with E-state index >= 15 is 0 Å². The van der Waals surface area contributed by atoms with Gasteiger partial charge in [-0.15, -0.1) is 0 Å². The van der Waals surface area contributed by atoms with Gasteiger partial charge in [0.1, 0.15) is 0 Å². The number of fused-ring (bicyclic) bond motifs is 2. The molecular formula is C23H30N4O. The summed E-state index contributed by atoms with van der Waals surface area (Å²) in [5.41, 5.74) is 5.00. The van der Waals surface area contributed by atoms with Gasteiger partial charge in [0.15, 0.2) is 0 Å². The molecular weight excluding hydrogens is 348 g/mol. The summed E-state index contributed by atoms with van der Waals surface area (Å²) < 4.78 is 0. The first kappa shape index (κ1) is 18.9. The quantitative estimate of drug-likeness (QED) is 0.819. The monoisotopic (exact) mass is 378 g/mol. The van der Waals surface area contributed by atoms with Gasteiger partial charge in [-0.1, -0.05) is 24.3 Å². The number of nitrogens with zero attached hydrogens (tertiary/aromatic N) is 4. The summed E-state index contributed by atoms with van der Waals surface area (Å²) in [5.74, 6) is 1.04. The number of hydrogen-bond acceptors (Lipinski definition) is 4. The molecule has 148 valence electrons. The Hall–Kier alpha value is -2.43. The minimum atomic E-state index is 0.0135. The Morgan fingerprint density at radius 1 is 1.25 bits per heavy atom. The van der Waals surface area contributed by atoms with Crippen LogP contribution in [0.4, 0.5) is 5.95 Å². The zero-order chi connectivity index (χ0) is 19.7. The Kier molecular flexibility index (Phi) is 5.09. The van der Waals surface area contributed by atoms with Crippen LogP contribution in [0.2, 0.25) is 0 Å². The molecule has 4 rings (SSSR count). The molecule has 1 unspecified atom stereocenters. The van der Waals surface area contributed by atoms with Crippen LogP contribution in [0.15, 0.2) is 30.5 Å². The molecule has 2 aromatic rings. The van der Waals surface area contributed by atoms with E-state index in [1.54, 1.807) is 0 Å². The number of rotatable bonds is 4. The fourth-order valence-corrected chi connectivity index (χ4v) is 4.78. The molecule has 0 radical (unpaired) electrons. The molecule has 0 N–H and O–H groups in total. The van der Waals surface area contributed by atoms with Gasteiger partial charge in [0.25, 0.3) is 0 Å². The number of aryl methyl sites for hydroxylation is 3. The normalized spacial score (nSPS) is 21.0. The Bertz CT molecular complexity index is 875. The molecule has 1 fully saturated rings. The summed E-state index contributed by atoms with van der Waals surface area (Å²) in [6.45, 7) is 3.79. The highest BCUT2D eigenvalue weighted by molar-refractivity contribution is 5.77. The summed E-state index contributed by atoms with van der Waals surface area (Å²) in [4.78, 5) is 26.4. The van der Waals surface area contributed by atoms with Crippen molar-refractivity contribution in [3.63, 3.8) is 0 Å². The number of hydrogen-bond donors (Lipinski definition) is 0. The number of aromatic nitrogens is 2. The van der Waals surface area contributed by atoms with Crippen LogP contribution >= 0.6 is 0 Å². The van der Waals surface area contributed by atoms with Gasteiger partial charge in [-0.25, -0.2) is 9.97 Å². The van der Waals surface area contributed by atoms with Crippen LogP contribution in [-0.2, 0) is 23.1 Å². The molecule has 0 bridgehead atoms. The first-order valence-corrected chi connectivity index (χ1v) is 10.3. The average Bonchev–Trinajstić information content (AvgIpc) is 3.04. The molecule has 5 nitrogen and oxygen atoms in total. The standard InChI is InChI=1S/C23H30N4O/c1-17-7-4-5-8-18(17)9-10-20(28)27-14-6-12-23(16-27)13-11-19-15-24-22(26(2)3)25-21(19)23/h4-5,7-8,15H,6,9-14,16H2,1-3H3. The molecule has 1 amide bonds. The van der Waals surface area contributed by atoms with Crippen molar-refractivity contribution < 1.29 is 4.79 Å². The third kappa shape index (κ3) is 3.50. The van der Waals surface area contributed by atoms with Gasteiger partial charge in [0, 0.05) is 45.2 Å². The summed E-state index contributed by atoms with van der Waals surface area (Å²) >= 11 is 0. The van der Waals surface area contributed by atoms with E-state index in [1.807, 2.05) is 25.2 Å². The highest BCUT2D eigenvalue weighted by Gasteiger charge is 2.44. The van der Waals surface area contributed by atoms with Crippen molar-refractivity contribution in [2.75, 3.05) is 32.1 Å². The Morgan fingerprint density at radius 2 is 2.07 bits per heavy atom. The highest BCUT2D eigenvalue weighted by Crippen LogP contribution is 2.44. The molecule has 2 aliphatic rings. The summed E-state index contributed by atoms with van der Waals surface area (Å²) in [7, 11) is 3.96. The smallest absolute Gasteiger partial charge is 0.225 e. The number of likely N-dealkylation sites (tertiary alicyclic amines) is 1. The van der Waals surface area contributed by atoms with Crippen molar-refractivity contribution in [2.45, 2.75) is 50.9 Å². The van der Waals surface area contributed by atoms with Crippen molar-refractivity contribution in [3.8, 4) is 0 Å². The number of anilines is 1.